The Morgan fingerprint density at radius 3 is 2.57 bits per heavy atom. The van der Waals surface area contributed by atoms with Crippen molar-refractivity contribution in [1.29, 1.82) is 0 Å². The molecule has 21 heavy (non-hydrogen) atoms. The summed E-state index contributed by atoms with van der Waals surface area (Å²) in [5.74, 6) is -1.45. The maximum atomic E-state index is 12.3. The van der Waals surface area contributed by atoms with Crippen molar-refractivity contribution in [3.8, 4) is 0 Å². The number of carboxylic acid groups (broad SMARTS) is 1. The molecule has 1 aromatic heterocycles. The topological polar surface area (TPSA) is 112 Å². The molecule has 0 amide bonds. The Labute approximate surface area is 129 Å². The van der Waals surface area contributed by atoms with Gasteiger partial charge in [-0.3, -0.25) is 9.82 Å². The van der Waals surface area contributed by atoms with Crippen LogP contribution in [0.15, 0.2) is 23.1 Å². The van der Waals surface area contributed by atoms with Crippen molar-refractivity contribution in [3.63, 3.8) is 0 Å². The van der Waals surface area contributed by atoms with E-state index in [4.69, 9.17) is 28.3 Å². The highest BCUT2D eigenvalue weighted by Crippen LogP contribution is 2.27. The van der Waals surface area contributed by atoms with Crippen LogP contribution in [0.1, 0.15) is 16.2 Å². The smallest absolute Gasteiger partial charge is 0.357 e. The highest BCUT2D eigenvalue weighted by atomic mass is 35.5. The predicted molar refractivity (Wildman–Crippen MR) is 77.6 cm³/mol. The van der Waals surface area contributed by atoms with Crippen molar-refractivity contribution in [1.82, 2.24) is 10.2 Å². The van der Waals surface area contributed by atoms with Crippen molar-refractivity contribution >= 4 is 44.9 Å². The Kier molecular flexibility index (Phi) is 4.13. The summed E-state index contributed by atoms with van der Waals surface area (Å²) in [6, 6.07) is 4.14. The summed E-state index contributed by atoms with van der Waals surface area (Å²) >= 11 is 11.5. The number of benzene rings is 1. The van der Waals surface area contributed by atoms with E-state index in [1.807, 2.05) is 0 Å². The minimum atomic E-state index is -4.13. The highest BCUT2D eigenvalue weighted by Gasteiger charge is 2.28. The van der Waals surface area contributed by atoms with Gasteiger partial charge in [0.15, 0.2) is 5.69 Å². The maximum Gasteiger partial charge on any atom is 0.357 e. The standard InChI is InChI=1S/C11H9Cl2N3O4S/c1-5-10(9(11(17)18)15-14-5)21(19,20)16-6-2-3-7(12)8(13)4-6/h2-4,16H,1H3,(H,14,15)(H,17,18). The van der Waals surface area contributed by atoms with Gasteiger partial charge in [0.1, 0.15) is 4.90 Å². The molecule has 1 aromatic carbocycles. The second-order valence-corrected chi connectivity index (χ2v) is 6.50. The molecule has 2 rings (SSSR count). The Bertz CT molecular complexity index is 817. The van der Waals surface area contributed by atoms with Gasteiger partial charge in [-0.15, -0.1) is 0 Å². The summed E-state index contributed by atoms with van der Waals surface area (Å²) in [6.07, 6.45) is 0. The van der Waals surface area contributed by atoms with Gasteiger partial charge in [0.05, 0.1) is 21.4 Å². The first kappa shape index (κ1) is 15.6. The molecule has 0 spiro atoms. The van der Waals surface area contributed by atoms with Crippen LogP contribution in [-0.4, -0.2) is 29.7 Å². The fourth-order valence-electron chi connectivity index (χ4n) is 1.66. The fraction of sp³-hybridized carbons (Fsp3) is 0.0909. The van der Waals surface area contributed by atoms with Gasteiger partial charge in [0.2, 0.25) is 0 Å². The van der Waals surface area contributed by atoms with Crippen LogP contribution >= 0.6 is 23.2 Å². The van der Waals surface area contributed by atoms with Gasteiger partial charge in [0, 0.05) is 0 Å². The first-order valence-corrected chi connectivity index (χ1v) is 7.72. The third kappa shape index (κ3) is 3.12. The van der Waals surface area contributed by atoms with Gasteiger partial charge in [-0.2, -0.15) is 5.10 Å². The summed E-state index contributed by atoms with van der Waals surface area (Å²) in [4.78, 5) is 10.6. The number of carbonyl (C=O) groups is 1. The number of hydrogen-bond donors (Lipinski definition) is 3. The predicted octanol–water partition coefficient (Wildman–Crippen LogP) is 2.52. The molecule has 0 atom stereocenters. The van der Waals surface area contributed by atoms with Gasteiger partial charge >= 0.3 is 5.97 Å². The summed E-state index contributed by atoms with van der Waals surface area (Å²) in [5.41, 5.74) is -0.318. The second-order valence-electron chi connectivity index (χ2n) is 4.07. The molecule has 0 aliphatic carbocycles. The third-order valence-corrected chi connectivity index (χ3v) is 4.81. The zero-order valence-corrected chi connectivity index (χ0v) is 12.8. The molecule has 0 aliphatic rings. The van der Waals surface area contributed by atoms with Crippen LogP contribution in [0.2, 0.25) is 10.0 Å². The molecule has 0 bridgehead atoms. The van der Waals surface area contributed by atoms with Crippen molar-refractivity contribution in [2.75, 3.05) is 4.72 Å². The van der Waals surface area contributed by atoms with E-state index < -0.39 is 26.6 Å². The van der Waals surface area contributed by atoms with E-state index in [1.54, 1.807) is 0 Å². The Balaban J connectivity index is 2.45. The van der Waals surface area contributed by atoms with E-state index in [9.17, 15) is 13.2 Å². The van der Waals surface area contributed by atoms with E-state index in [0.29, 0.717) is 0 Å². The summed E-state index contributed by atoms with van der Waals surface area (Å²) in [7, 11) is -4.13. The van der Waals surface area contributed by atoms with Crippen molar-refractivity contribution in [2.24, 2.45) is 0 Å². The lowest BCUT2D eigenvalue weighted by Crippen LogP contribution is -2.17. The lowest BCUT2D eigenvalue weighted by molar-refractivity contribution is 0.0686. The molecule has 2 aromatic rings. The van der Waals surface area contributed by atoms with Crippen LogP contribution in [0, 0.1) is 6.92 Å². The molecule has 0 saturated heterocycles. The Morgan fingerprint density at radius 1 is 1.33 bits per heavy atom. The van der Waals surface area contributed by atoms with E-state index in [-0.39, 0.29) is 21.4 Å². The van der Waals surface area contributed by atoms with Crippen LogP contribution in [0.5, 0.6) is 0 Å². The molecule has 0 aliphatic heterocycles. The van der Waals surface area contributed by atoms with Gasteiger partial charge in [-0.05, 0) is 25.1 Å². The number of aromatic amines is 1. The van der Waals surface area contributed by atoms with E-state index in [1.165, 1.54) is 25.1 Å². The molecule has 0 unspecified atom stereocenters. The first-order chi connectivity index (χ1) is 9.72. The number of rotatable bonds is 4. The number of halogens is 2. The van der Waals surface area contributed by atoms with Crippen molar-refractivity contribution < 1.29 is 18.3 Å². The van der Waals surface area contributed by atoms with Gasteiger partial charge in [-0.1, -0.05) is 23.2 Å². The Hall–Kier alpha value is -1.77. The quantitative estimate of drug-likeness (QED) is 0.784. The number of aromatic nitrogens is 2. The number of carboxylic acids is 1. The van der Waals surface area contributed by atoms with E-state index in [0.717, 1.165) is 0 Å². The normalized spacial score (nSPS) is 11.4. The minimum Gasteiger partial charge on any atom is -0.476 e. The Morgan fingerprint density at radius 2 is 2.00 bits per heavy atom. The number of H-pyrrole nitrogens is 1. The monoisotopic (exact) mass is 349 g/mol. The second kappa shape index (κ2) is 5.55. The lowest BCUT2D eigenvalue weighted by Gasteiger charge is -2.09. The average molecular weight is 350 g/mol. The SMILES string of the molecule is Cc1[nH]nc(C(=O)O)c1S(=O)(=O)Nc1ccc(Cl)c(Cl)c1. The zero-order chi connectivity index (χ0) is 15.8. The summed E-state index contributed by atoms with van der Waals surface area (Å²) in [6.45, 7) is 1.41. The molecule has 7 nitrogen and oxygen atoms in total. The van der Waals surface area contributed by atoms with Gasteiger partial charge < -0.3 is 5.11 Å². The average Bonchev–Trinajstić information content (AvgIpc) is 2.76. The first-order valence-electron chi connectivity index (χ1n) is 5.48. The van der Waals surface area contributed by atoms with Crippen LogP contribution in [0.4, 0.5) is 5.69 Å². The van der Waals surface area contributed by atoms with Crippen molar-refractivity contribution in [3.05, 3.63) is 39.6 Å². The molecule has 112 valence electrons. The molecule has 0 fully saturated rings. The fourth-order valence-corrected chi connectivity index (χ4v) is 3.33. The maximum absolute atomic E-state index is 12.3. The summed E-state index contributed by atoms with van der Waals surface area (Å²) in [5, 5.41) is 15.2. The molecule has 0 saturated carbocycles. The molecule has 3 N–H and O–H groups in total. The highest BCUT2D eigenvalue weighted by molar-refractivity contribution is 7.92. The third-order valence-electron chi connectivity index (χ3n) is 2.53. The van der Waals surface area contributed by atoms with Gasteiger partial charge in [0.25, 0.3) is 10.0 Å². The van der Waals surface area contributed by atoms with E-state index >= 15 is 0 Å². The van der Waals surface area contributed by atoms with Crippen molar-refractivity contribution in [2.45, 2.75) is 11.8 Å². The van der Waals surface area contributed by atoms with E-state index in [2.05, 4.69) is 14.9 Å². The largest absolute Gasteiger partial charge is 0.476 e. The molecular weight excluding hydrogens is 341 g/mol. The summed E-state index contributed by atoms with van der Waals surface area (Å²) < 4.78 is 26.8. The number of aryl methyl sites for hydroxylation is 1. The number of aromatic carboxylic acids is 1. The van der Waals surface area contributed by atoms with Crippen LogP contribution in [0.3, 0.4) is 0 Å². The number of nitrogens with zero attached hydrogens (tertiary/aromatic N) is 1. The number of anilines is 1. The van der Waals surface area contributed by atoms with Crippen LogP contribution in [0.25, 0.3) is 0 Å². The molecule has 1 heterocycles. The van der Waals surface area contributed by atoms with Crippen LogP contribution < -0.4 is 4.72 Å². The number of hydrogen-bond acceptors (Lipinski definition) is 4. The molecule has 10 heteroatoms. The van der Waals surface area contributed by atoms with Gasteiger partial charge in [-0.25, -0.2) is 13.2 Å². The number of nitrogens with one attached hydrogen (secondary N) is 2. The number of sulfonamides is 1. The van der Waals surface area contributed by atoms with Crippen LogP contribution in [-0.2, 0) is 10.0 Å². The lowest BCUT2D eigenvalue weighted by atomic mass is 10.3. The molecular formula is C11H9Cl2N3O4S. The minimum absolute atomic E-state index is 0.111. The molecule has 0 radical (unpaired) electrons. The zero-order valence-electron chi connectivity index (χ0n) is 10.5.